The molecule has 0 aromatic heterocycles. The summed E-state index contributed by atoms with van der Waals surface area (Å²) in [4.78, 5) is 5.05. The van der Waals surface area contributed by atoms with Gasteiger partial charge in [0.2, 0.25) is 0 Å². The second kappa shape index (κ2) is 10.5. The fourth-order valence-electron chi connectivity index (χ4n) is 2.21. The summed E-state index contributed by atoms with van der Waals surface area (Å²) in [5.41, 5.74) is 0. The average molecular weight is 294 g/mol. The van der Waals surface area contributed by atoms with Crippen molar-refractivity contribution in [1.29, 1.82) is 0 Å². The predicted octanol–water partition coefficient (Wildman–Crippen LogP) is 1.59. The third kappa shape index (κ3) is 7.60. The van der Waals surface area contributed by atoms with Crippen molar-refractivity contribution in [2.24, 2.45) is 0 Å². The van der Waals surface area contributed by atoms with Crippen LogP contribution in [0.1, 0.15) is 25.7 Å². The van der Waals surface area contributed by atoms with E-state index >= 15 is 0 Å². The maximum Gasteiger partial charge on any atom is -0.000655 e. The minimum absolute atomic E-state index is 0. The van der Waals surface area contributed by atoms with Crippen molar-refractivity contribution in [2.45, 2.75) is 25.7 Å². The second-order valence-corrected chi connectivity index (χ2v) is 4.66. The van der Waals surface area contributed by atoms with Crippen LogP contribution >= 0.6 is 17.0 Å². The van der Waals surface area contributed by atoms with E-state index in [-0.39, 0.29) is 17.0 Å². The van der Waals surface area contributed by atoms with Gasteiger partial charge in [-0.2, -0.15) is 0 Å². The maximum absolute atomic E-state index is 3.19. The van der Waals surface area contributed by atoms with Crippen LogP contribution in [0.5, 0.6) is 0 Å². The molecule has 1 heterocycles. The van der Waals surface area contributed by atoms with Gasteiger partial charge in [-0.05, 0) is 79.0 Å². The molecule has 0 spiro atoms. The summed E-state index contributed by atoms with van der Waals surface area (Å²) in [6.07, 6.45) is 5.42. The van der Waals surface area contributed by atoms with Crippen molar-refractivity contribution in [3.8, 4) is 0 Å². The minimum Gasteiger partial charge on any atom is -0.320 e. The molecule has 0 radical (unpaired) electrons. The number of halogens is 1. The Morgan fingerprint density at radius 3 is 2.38 bits per heavy atom. The van der Waals surface area contributed by atoms with Crippen LogP contribution in [0.4, 0.5) is 0 Å². The van der Waals surface area contributed by atoms with Gasteiger partial charge in [0.05, 0.1) is 0 Å². The molecule has 0 saturated carbocycles. The Labute approximate surface area is 111 Å². The SMILES string of the molecule is Br.CNCCCN(C)CCCN1CCCC1. The highest BCUT2D eigenvalue weighted by atomic mass is 79.9. The minimum atomic E-state index is 0. The van der Waals surface area contributed by atoms with Crippen LogP contribution in [0.3, 0.4) is 0 Å². The highest BCUT2D eigenvalue weighted by molar-refractivity contribution is 8.93. The van der Waals surface area contributed by atoms with E-state index in [1.807, 2.05) is 7.05 Å². The smallest absolute Gasteiger partial charge is 0.000655 e. The number of rotatable bonds is 8. The molecular formula is C12H28BrN3. The van der Waals surface area contributed by atoms with E-state index in [1.54, 1.807) is 0 Å². The van der Waals surface area contributed by atoms with Gasteiger partial charge >= 0.3 is 0 Å². The first-order chi connectivity index (χ1) is 7.33. The van der Waals surface area contributed by atoms with Crippen molar-refractivity contribution in [3.63, 3.8) is 0 Å². The van der Waals surface area contributed by atoms with Crippen molar-refractivity contribution in [2.75, 3.05) is 53.4 Å². The summed E-state index contributed by atoms with van der Waals surface area (Å²) >= 11 is 0. The van der Waals surface area contributed by atoms with Gasteiger partial charge in [-0.15, -0.1) is 17.0 Å². The van der Waals surface area contributed by atoms with Crippen LogP contribution in [0.25, 0.3) is 0 Å². The molecule has 1 rings (SSSR count). The lowest BCUT2D eigenvalue weighted by Gasteiger charge is -2.19. The zero-order valence-corrected chi connectivity index (χ0v) is 12.6. The van der Waals surface area contributed by atoms with Gasteiger partial charge in [-0.1, -0.05) is 0 Å². The number of hydrogen-bond acceptors (Lipinski definition) is 3. The Hall–Kier alpha value is 0.360. The van der Waals surface area contributed by atoms with Gasteiger partial charge in [0.15, 0.2) is 0 Å². The summed E-state index contributed by atoms with van der Waals surface area (Å²) in [5.74, 6) is 0. The molecule has 3 nitrogen and oxygen atoms in total. The first-order valence-corrected chi connectivity index (χ1v) is 6.38. The lowest BCUT2D eigenvalue weighted by molar-refractivity contribution is 0.277. The standard InChI is InChI=1S/C12H27N3.BrH/c1-13-7-5-8-14(2)9-6-12-15-10-3-4-11-15;/h13H,3-12H2,1-2H3;1H. The number of likely N-dealkylation sites (tertiary alicyclic amines) is 1. The third-order valence-electron chi connectivity index (χ3n) is 3.18. The van der Waals surface area contributed by atoms with Crippen molar-refractivity contribution in [3.05, 3.63) is 0 Å². The lowest BCUT2D eigenvalue weighted by atomic mass is 10.3. The van der Waals surface area contributed by atoms with E-state index in [0.717, 1.165) is 6.54 Å². The fourth-order valence-corrected chi connectivity index (χ4v) is 2.21. The highest BCUT2D eigenvalue weighted by Gasteiger charge is 2.10. The lowest BCUT2D eigenvalue weighted by Crippen LogP contribution is -2.28. The Morgan fingerprint density at radius 2 is 1.75 bits per heavy atom. The maximum atomic E-state index is 3.19. The van der Waals surface area contributed by atoms with E-state index in [2.05, 4.69) is 22.2 Å². The predicted molar refractivity (Wildman–Crippen MR) is 76.7 cm³/mol. The van der Waals surface area contributed by atoms with Gasteiger partial charge < -0.3 is 15.1 Å². The quantitative estimate of drug-likeness (QED) is 0.686. The molecule has 0 unspecified atom stereocenters. The molecule has 4 heteroatoms. The zero-order chi connectivity index (χ0) is 10.9. The van der Waals surface area contributed by atoms with E-state index in [4.69, 9.17) is 0 Å². The van der Waals surface area contributed by atoms with Crippen LogP contribution in [0, 0.1) is 0 Å². The molecule has 0 aromatic carbocycles. The monoisotopic (exact) mass is 293 g/mol. The number of nitrogens with one attached hydrogen (secondary N) is 1. The van der Waals surface area contributed by atoms with Gasteiger partial charge in [-0.25, -0.2) is 0 Å². The topological polar surface area (TPSA) is 18.5 Å². The molecule has 0 bridgehead atoms. The molecule has 98 valence electrons. The first kappa shape index (κ1) is 16.4. The molecule has 0 atom stereocenters. The van der Waals surface area contributed by atoms with Crippen molar-refractivity contribution < 1.29 is 0 Å². The van der Waals surface area contributed by atoms with Crippen LogP contribution in [0.2, 0.25) is 0 Å². The summed E-state index contributed by atoms with van der Waals surface area (Å²) in [7, 11) is 4.26. The van der Waals surface area contributed by atoms with Crippen LogP contribution in [-0.2, 0) is 0 Å². The van der Waals surface area contributed by atoms with Crippen LogP contribution < -0.4 is 5.32 Å². The molecule has 0 aromatic rings. The van der Waals surface area contributed by atoms with E-state index in [0.29, 0.717) is 0 Å². The third-order valence-corrected chi connectivity index (χ3v) is 3.18. The first-order valence-electron chi connectivity index (χ1n) is 6.38. The fraction of sp³-hybridized carbons (Fsp3) is 1.00. The average Bonchev–Trinajstić information content (AvgIpc) is 2.71. The molecule has 1 aliphatic rings. The van der Waals surface area contributed by atoms with Crippen molar-refractivity contribution >= 4 is 17.0 Å². The van der Waals surface area contributed by atoms with Gasteiger partial charge in [0.1, 0.15) is 0 Å². The molecule has 1 saturated heterocycles. The van der Waals surface area contributed by atoms with E-state index in [1.165, 1.54) is 58.4 Å². The van der Waals surface area contributed by atoms with Gasteiger partial charge in [-0.3, -0.25) is 0 Å². The number of nitrogens with zero attached hydrogens (tertiary/aromatic N) is 2. The van der Waals surface area contributed by atoms with Crippen LogP contribution in [0.15, 0.2) is 0 Å². The van der Waals surface area contributed by atoms with Gasteiger partial charge in [0, 0.05) is 0 Å². The Bertz CT molecular complexity index is 149. The molecule has 1 aliphatic heterocycles. The number of hydrogen-bond donors (Lipinski definition) is 1. The summed E-state index contributed by atoms with van der Waals surface area (Å²) < 4.78 is 0. The second-order valence-electron chi connectivity index (χ2n) is 4.66. The van der Waals surface area contributed by atoms with E-state index < -0.39 is 0 Å². The van der Waals surface area contributed by atoms with Gasteiger partial charge in [0.25, 0.3) is 0 Å². The normalized spacial score (nSPS) is 16.7. The van der Waals surface area contributed by atoms with E-state index in [9.17, 15) is 0 Å². The summed E-state index contributed by atoms with van der Waals surface area (Å²) in [6, 6.07) is 0. The molecule has 1 fully saturated rings. The summed E-state index contributed by atoms with van der Waals surface area (Å²) in [5, 5.41) is 3.19. The Kier molecular flexibility index (Phi) is 10.7. The summed E-state index contributed by atoms with van der Waals surface area (Å²) in [6.45, 7) is 7.58. The molecule has 0 aliphatic carbocycles. The molecule has 0 amide bonds. The zero-order valence-electron chi connectivity index (χ0n) is 10.9. The Balaban J connectivity index is 0.00000225. The largest absolute Gasteiger partial charge is 0.320 e. The molecular weight excluding hydrogens is 266 g/mol. The Morgan fingerprint density at radius 1 is 1.12 bits per heavy atom. The van der Waals surface area contributed by atoms with Crippen LogP contribution in [-0.4, -0.2) is 63.2 Å². The van der Waals surface area contributed by atoms with Crippen molar-refractivity contribution in [1.82, 2.24) is 15.1 Å². The highest BCUT2D eigenvalue weighted by Crippen LogP contribution is 2.07. The molecule has 16 heavy (non-hydrogen) atoms. The molecule has 1 N–H and O–H groups in total.